The van der Waals surface area contributed by atoms with E-state index >= 15 is 0 Å². The number of aliphatic carboxylic acids is 1. The molecule has 2 amide bonds. The Morgan fingerprint density at radius 1 is 1.14 bits per heavy atom. The molecule has 6 nitrogen and oxygen atoms in total. The molecule has 7 heteroatoms. The number of carbonyl (C=O) groups excluding carboxylic acids is 2. The highest BCUT2D eigenvalue weighted by molar-refractivity contribution is 8.00. The first-order valence-corrected chi connectivity index (χ1v) is 8.93. The number of carbonyl (C=O) groups is 3. The molecule has 0 spiro atoms. The van der Waals surface area contributed by atoms with Gasteiger partial charge in [0.15, 0.2) is 0 Å². The molecule has 0 aromatic carbocycles. The van der Waals surface area contributed by atoms with Gasteiger partial charge < -0.3 is 15.3 Å². The minimum absolute atomic E-state index is 0.0643. The molecule has 0 radical (unpaired) electrons. The second kappa shape index (κ2) is 9.71. The third-order valence-corrected chi connectivity index (χ3v) is 4.43. The maximum absolute atomic E-state index is 11.9. The molecule has 1 aliphatic heterocycles. The lowest BCUT2D eigenvalue weighted by molar-refractivity contribution is -0.142. The van der Waals surface area contributed by atoms with Crippen molar-refractivity contribution in [1.82, 2.24) is 10.2 Å². The van der Waals surface area contributed by atoms with Crippen LogP contribution in [-0.4, -0.2) is 58.4 Å². The van der Waals surface area contributed by atoms with Crippen molar-refractivity contribution in [3.05, 3.63) is 0 Å². The number of carboxylic acid groups (broad SMARTS) is 1. The van der Waals surface area contributed by atoms with E-state index in [0.29, 0.717) is 6.42 Å². The molecule has 1 aliphatic rings. The second-order valence-corrected chi connectivity index (χ2v) is 7.01. The number of hydrogen-bond donors (Lipinski definition) is 2. The summed E-state index contributed by atoms with van der Waals surface area (Å²) in [5.41, 5.74) is 0. The average molecular weight is 330 g/mol. The number of carboxylic acids is 1. The third kappa shape index (κ3) is 7.15. The van der Waals surface area contributed by atoms with Crippen LogP contribution < -0.4 is 5.32 Å². The molecule has 1 unspecified atom stereocenters. The monoisotopic (exact) mass is 330 g/mol. The van der Waals surface area contributed by atoms with Crippen LogP contribution in [0, 0.1) is 5.92 Å². The molecule has 0 aliphatic carbocycles. The number of thioether (sulfide) groups is 1. The fourth-order valence-corrected chi connectivity index (χ4v) is 3.12. The summed E-state index contributed by atoms with van der Waals surface area (Å²) in [6.07, 6.45) is 3.67. The third-order valence-electron chi connectivity index (χ3n) is 3.51. The van der Waals surface area contributed by atoms with Crippen LogP contribution in [0.15, 0.2) is 0 Å². The highest BCUT2D eigenvalue weighted by Crippen LogP contribution is 2.11. The van der Waals surface area contributed by atoms with Crippen LogP contribution in [0.5, 0.6) is 0 Å². The van der Waals surface area contributed by atoms with Crippen LogP contribution in [0.25, 0.3) is 0 Å². The molecule has 1 fully saturated rings. The van der Waals surface area contributed by atoms with Crippen molar-refractivity contribution in [1.29, 1.82) is 0 Å². The topological polar surface area (TPSA) is 86.7 Å². The number of amides is 2. The molecule has 1 rings (SSSR count). The Morgan fingerprint density at radius 2 is 1.77 bits per heavy atom. The van der Waals surface area contributed by atoms with Crippen LogP contribution in [0.4, 0.5) is 0 Å². The lowest BCUT2D eigenvalue weighted by Gasteiger charge is -2.26. The molecule has 126 valence electrons. The zero-order chi connectivity index (χ0) is 16.5. The van der Waals surface area contributed by atoms with Gasteiger partial charge in [-0.3, -0.25) is 9.59 Å². The maximum Gasteiger partial charge on any atom is 0.326 e. The van der Waals surface area contributed by atoms with Gasteiger partial charge in [0, 0.05) is 13.1 Å². The first-order chi connectivity index (χ1) is 10.4. The van der Waals surface area contributed by atoms with Gasteiger partial charge in [-0.1, -0.05) is 13.8 Å². The molecule has 22 heavy (non-hydrogen) atoms. The lowest BCUT2D eigenvalue weighted by atomic mass is 10.0. The number of nitrogens with one attached hydrogen (secondary N) is 1. The van der Waals surface area contributed by atoms with Crippen molar-refractivity contribution in [2.24, 2.45) is 5.92 Å². The molecule has 0 aromatic rings. The van der Waals surface area contributed by atoms with Gasteiger partial charge in [0.25, 0.3) is 0 Å². The molecule has 2 N–H and O–H groups in total. The Bertz CT molecular complexity index is 395. The lowest BCUT2D eigenvalue weighted by Crippen LogP contribution is -2.42. The second-order valence-electron chi connectivity index (χ2n) is 6.02. The van der Waals surface area contributed by atoms with E-state index in [-0.39, 0.29) is 29.2 Å². The molecule has 1 heterocycles. The van der Waals surface area contributed by atoms with Crippen molar-refractivity contribution >= 4 is 29.5 Å². The Balaban J connectivity index is 2.26. The number of hydrogen-bond acceptors (Lipinski definition) is 4. The standard InChI is InChI=1S/C15H26N2O4S/c1-11(2)8-12(15(20)21)16-13(18)9-22-10-14(19)17-6-4-3-5-7-17/h11-12H,3-10H2,1-2H3,(H,16,18)(H,20,21). The van der Waals surface area contributed by atoms with Crippen molar-refractivity contribution in [2.45, 2.75) is 45.6 Å². The van der Waals surface area contributed by atoms with E-state index in [1.165, 1.54) is 18.2 Å². The van der Waals surface area contributed by atoms with Gasteiger partial charge in [0.2, 0.25) is 11.8 Å². The predicted octanol–water partition coefficient (Wildman–Crippen LogP) is 1.35. The minimum Gasteiger partial charge on any atom is -0.480 e. The van der Waals surface area contributed by atoms with Gasteiger partial charge in [0.1, 0.15) is 6.04 Å². The van der Waals surface area contributed by atoms with E-state index < -0.39 is 12.0 Å². The van der Waals surface area contributed by atoms with Crippen molar-refractivity contribution in [3.8, 4) is 0 Å². The fraction of sp³-hybridized carbons (Fsp3) is 0.800. The summed E-state index contributed by atoms with van der Waals surface area (Å²) in [6.45, 7) is 5.43. The molecule has 1 saturated heterocycles. The maximum atomic E-state index is 11.9. The summed E-state index contributed by atoms with van der Waals surface area (Å²) in [5.74, 6) is -0.707. The summed E-state index contributed by atoms with van der Waals surface area (Å²) in [7, 11) is 0. The number of piperidine rings is 1. The van der Waals surface area contributed by atoms with Gasteiger partial charge in [-0.05, 0) is 31.6 Å². The minimum atomic E-state index is -1.02. The van der Waals surface area contributed by atoms with E-state index in [0.717, 1.165) is 25.9 Å². The highest BCUT2D eigenvalue weighted by atomic mass is 32.2. The Morgan fingerprint density at radius 3 is 2.32 bits per heavy atom. The summed E-state index contributed by atoms with van der Waals surface area (Å²) in [6, 6.07) is -0.856. The SMILES string of the molecule is CC(C)CC(NC(=O)CSCC(=O)N1CCCCC1)C(=O)O. The highest BCUT2D eigenvalue weighted by Gasteiger charge is 2.21. The summed E-state index contributed by atoms with van der Waals surface area (Å²) < 4.78 is 0. The van der Waals surface area contributed by atoms with Gasteiger partial charge in [-0.2, -0.15) is 0 Å². The Kier molecular flexibility index (Phi) is 8.30. The van der Waals surface area contributed by atoms with Crippen LogP contribution in [-0.2, 0) is 14.4 Å². The molecular weight excluding hydrogens is 304 g/mol. The molecule has 0 aromatic heterocycles. The van der Waals surface area contributed by atoms with Gasteiger partial charge >= 0.3 is 5.97 Å². The van der Waals surface area contributed by atoms with Crippen molar-refractivity contribution in [3.63, 3.8) is 0 Å². The summed E-state index contributed by atoms with van der Waals surface area (Å²) in [5, 5.41) is 11.6. The number of nitrogens with zero attached hydrogens (tertiary/aromatic N) is 1. The van der Waals surface area contributed by atoms with Gasteiger partial charge in [-0.25, -0.2) is 4.79 Å². The van der Waals surface area contributed by atoms with E-state index in [1.807, 2.05) is 18.7 Å². The number of likely N-dealkylation sites (tertiary alicyclic amines) is 1. The largest absolute Gasteiger partial charge is 0.480 e. The van der Waals surface area contributed by atoms with E-state index in [1.54, 1.807) is 0 Å². The van der Waals surface area contributed by atoms with Gasteiger partial charge in [-0.15, -0.1) is 11.8 Å². The zero-order valence-electron chi connectivity index (χ0n) is 13.3. The predicted molar refractivity (Wildman–Crippen MR) is 86.8 cm³/mol. The normalized spacial score (nSPS) is 16.4. The van der Waals surface area contributed by atoms with Crippen LogP contribution in [0.1, 0.15) is 39.5 Å². The van der Waals surface area contributed by atoms with Crippen molar-refractivity contribution in [2.75, 3.05) is 24.6 Å². The molecule has 0 bridgehead atoms. The molecule has 1 atom stereocenters. The van der Waals surface area contributed by atoms with Crippen molar-refractivity contribution < 1.29 is 19.5 Å². The van der Waals surface area contributed by atoms with E-state index in [2.05, 4.69) is 5.32 Å². The fourth-order valence-electron chi connectivity index (χ4n) is 2.39. The first-order valence-electron chi connectivity index (χ1n) is 7.78. The first kappa shape index (κ1) is 18.8. The zero-order valence-corrected chi connectivity index (χ0v) is 14.2. The Labute approximate surface area is 136 Å². The van der Waals surface area contributed by atoms with Crippen LogP contribution in [0.3, 0.4) is 0 Å². The Hall–Kier alpha value is -1.24. The van der Waals surface area contributed by atoms with E-state index in [4.69, 9.17) is 5.11 Å². The average Bonchev–Trinajstić information content (AvgIpc) is 2.46. The summed E-state index contributed by atoms with van der Waals surface area (Å²) >= 11 is 1.24. The molecule has 0 saturated carbocycles. The molecular formula is C15H26N2O4S. The smallest absolute Gasteiger partial charge is 0.326 e. The van der Waals surface area contributed by atoms with Crippen LogP contribution >= 0.6 is 11.8 Å². The van der Waals surface area contributed by atoms with Gasteiger partial charge in [0.05, 0.1) is 11.5 Å². The van der Waals surface area contributed by atoms with Crippen LogP contribution in [0.2, 0.25) is 0 Å². The van der Waals surface area contributed by atoms with E-state index in [9.17, 15) is 14.4 Å². The summed E-state index contributed by atoms with van der Waals surface area (Å²) in [4.78, 5) is 36.6. The quantitative estimate of drug-likeness (QED) is 0.701. The number of rotatable bonds is 8.